The molecule has 204 valence electrons. The molecular weight excluding hydrogens is 518 g/mol. The minimum absolute atomic E-state index is 0.000290. The van der Waals surface area contributed by atoms with Gasteiger partial charge in [-0.05, 0) is 50.0 Å². The first kappa shape index (κ1) is 25.6. The SMILES string of the molecule is CN(C)[C@@H]1C(O)=C(C(N)=O)C2(O)O[C@@]23C(=O)C2=C(O)c4c(O)cc(CN5CCOCC5)c(Cl)c4C[C@H]2C[C@@H]13. The van der Waals surface area contributed by atoms with Crippen molar-refractivity contribution in [3.05, 3.63) is 44.7 Å². The third kappa shape index (κ3) is 3.20. The number of rotatable bonds is 4. The van der Waals surface area contributed by atoms with Crippen LogP contribution in [0.2, 0.25) is 5.02 Å². The number of carbonyl (C=O) groups excluding carboxylic acids is 2. The maximum Gasteiger partial charge on any atom is 0.253 e. The topological polar surface area (TPSA) is 169 Å². The number of benzene rings is 1. The monoisotopic (exact) mass is 547 g/mol. The van der Waals surface area contributed by atoms with E-state index in [4.69, 9.17) is 26.8 Å². The van der Waals surface area contributed by atoms with E-state index in [0.29, 0.717) is 35.9 Å². The van der Waals surface area contributed by atoms with Crippen molar-refractivity contribution in [3.8, 4) is 5.75 Å². The van der Waals surface area contributed by atoms with Gasteiger partial charge in [0.2, 0.25) is 11.6 Å². The molecule has 6 rings (SSSR count). The summed E-state index contributed by atoms with van der Waals surface area (Å²) in [5, 5.41) is 45.0. The molecule has 1 unspecified atom stereocenters. The smallest absolute Gasteiger partial charge is 0.253 e. The first-order valence-corrected chi connectivity index (χ1v) is 13.0. The highest BCUT2D eigenvalue weighted by atomic mass is 35.5. The predicted octanol–water partition coefficient (Wildman–Crippen LogP) is 0.607. The Balaban J connectivity index is 1.45. The summed E-state index contributed by atoms with van der Waals surface area (Å²) in [7, 11) is 3.35. The molecule has 38 heavy (non-hydrogen) atoms. The molecule has 1 aromatic rings. The van der Waals surface area contributed by atoms with Crippen molar-refractivity contribution < 1.29 is 39.5 Å². The Labute approximate surface area is 223 Å². The highest BCUT2D eigenvalue weighted by Gasteiger charge is 2.85. The average Bonchev–Trinajstić information content (AvgIpc) is 3.48. The molecule has 1 amide bonds. The molecule has 0 radical (unpaired) electrons. The van der Waals surface area contributed by atoms with Crippen molar-refractivity contribution in [1.29, 1.82) is 0 Å². The molecule has 12 heteroatoms. The third-order valence-electron chi connectivity index (χ3n) is 8.74. The summed E-state index contributed by atoms with van der Waals surface area (Å²) >= 11 is 6.84. The lowest BCUT2D eigenvalue weighted by Gasteiger charge is -2.46. The Bertz CT molecular complexity index is 1340. The van der Waals surface area contributed by atoms with E-state index in [1.54, 1.807) is 19.0 Å². The standard InChI is InChI=1S/C26H30ClN3O8/c1-29(2)20-14-8-11-7-13-17(15(31)9-12(19(13)27)10-30-3-5-37-6-4-30)21(32)16(11)23(34)25(14)26(36,38-25)18(22(20)33)24(28)35/h9,11,14,20,31-33,36H,3-8,10H2,1-2H3,(H2,28,35)/t11-,14-,20-,25-,26?/m0/s1. The van der Waals surface area contributed by atoms with Crippen molar-refractivity contribution in [2.45, 2.75) is 36.8 Å². The number of hydrogen-bond acceptors (Lipinski definition) is 10. The summed E-state index contributed by atoms with van der Waals surface area (Å²) in [6.07, 6.45) is 0.485. The summed E-state index contributed by atoms with van der Waals surface area (Å²) in [6, 6.07) is 0.659. The van der Waals surface area contributed by atoms with Gasteiger partial charge in [-0.3, -0.25) is 19.4 Å². The fourth-order valence-electron chi connectivity index (χ4n) is 7.07. The molecule has 1 spiro atoms. The number of epoxide rings is 1. The van der Waals surface area contributed by atoms with E-state index in [1.165, 1.54) is 6.07 Å². The van der Waals surface area contributed by atoms with Crippen molar-refractivity contribution >= 4 is 29.1 Å². The van der Waals surface area contributed by atoms with Crippen LogP contribution in [0.25, 0.3) is 5.76 Å². The summed E-state index contributed by atoms with van der Waals surface area (Å²) in [4.78, 5) is 30.1. The first-order chi connectivity index (χ1) is 17.9. The van der Waals surface area contributed by atoms with Crippen molar-refractivity contribution in [1.82, 2.24) is 9.80 Å². The second-order valence-corrected chi connectivity index (χ2v) is 11.3. The Morgan fingerprint density at radius 1 is 1.26 bits per heavy atom. The van der Waals surface area contributed by atoms with E-state index < -0.39 is 58.0 Å². The quantitative estimate of drug-likeness (QED) is 0.336. The Morgan fingerprint density at radius 2 is 1.95 bits per heavy atom. The van der Waals surface area contributed by atoms with Crippen LogP contribution in [0.4, 0.5) is 0 Å². The first-order valence-electron chi connectivity index (χ1n) is 12.6. The zero-order chi connectivity index (χ0) is 27.3. The molecule has 1 aromatic carbocycles. The summed E-state index contributed by atoms with van der Waals surface area (Å²) in [6.45, 7) is 3.16. The van der Waals surface area contributed by atoms with E-state index in [1.807, 2.05) is 0 Å². The Morgan fingerprint density at radius 3 is 2.58 bits per heavy atom. The molecule has 5 aliphatic rings. The number of carbonyl (C=O) groups is 2. The van der Waals surface area contributed by atoms with Crippen molar-refractivity contribution in [2.24, 2.45) is 17.6 Å². The number of primary amides is 1. The number of nitrogens with zero attached hydrogens (tertiary/aromatic N) is 2. The number of phenolic OH excluding ortho intramolecular Hbond substituents is 1. The second kappa shape index (κ2) is 8.41. The molecule has 3 fully saturated rings. The minimum atomic E-state index is -2.41. The molecule has 1 saturated carbocycles. The second-order valence-electron chi connectivity index (χ2n) is 11.0. The molecular formula is C26H30ClN3O8. The van der Waals surface area contributed by atoms with E-state index in [9.17, 15) is 30.0 Å². The maximum absolute atomic E-state index is 14.0. The van der Waals surface area contributed by atoms with E-state index >= 15 is 0 Å². The van der Waals surface area contributed by atoms with Crippen LogP contribution in [0.5, 0.6) is 5.75 Å². The van der Waals surface area contributed by atoms with Crippen molar-refractivity contribution in [3.63, 3.8) is 0 Å². The molecule has 11 nitrogen and oxygen atoms in total. The van der Waals surface area contributed by atoms with Gasteiger partial charge in [-0.1, -0.05) is 11.6 Å². The lowest BCUT2D eigenvalue weighted by atomic mass is 9.58. The van der Waals surface area contributed by atoms with Gasteiger partial charge < -0.3 is 35.6 Å². The zero-order valence-corrected chi connectivity index (χ0v) is 21.8. The highest BCUT2D eigenvalue weighted by molar-refractivity contribution is 6.32. The number of nitrogens with two attached hydrogens (primary N) is 1. The van der Waals surface area contributed by atoms with Crippen molar-refractivity contribution in [2.75, 3.05) is 40.4 Å². The number of fused-ring (bicyclic) bond motifs is 2. The van der Waals surface area contributed by atoms with Gasteiger partial charge in [0.05, 0.1) is 24.8 Å². The molecule has 2 saturated heterocycles. The van der Waals surface area contributed by atoms with Gasteiger partial charge in [0.25, 0.3) is 5.91 Å². The van der Waals surface area contributed by atoms with Gasteiger partial charge >= 0.3 is 0 Å². The third-order valence-corrected chi connectivity index (χ3v) is 9.21. The van der Waals surface area contributed by atoms with Gasteiger partial charge in [0, 0.05) is 36.1 Å². The number of morpholine rings is 1. The molecule has 2 heterocycles. The maximum atomic E-state index is 14.0. The van der Waals surface area contributed by atoms with Crippen LogP contribution in [0.1, 0.15) is 23.1 Å². The number of Topliss-reactive ketones (excluding diaryl/α,β-unsaturated/α-hetero) is 1. The normalized spacial score (nSPS) is 34.6. The minimum Gasteiger partial charge on any atom is -0.510 e. The molecule has 5 atom stereocenters. The van der Waals surface area contributed by atoms with Crippen LogP contribution >= 0.6 is 11.6 Å². The molecule has 6 N–H and O–H groups in total. The van der Waals surface area contributed by atoms with Crippen LogP contribution in [0, 0.1) is 11.8 Å². The van der Waals surface area contributed by atoms with Crippen LogP contribution in [0.3, 0.4) is 0 Å². The number of hydrogen-bond donors (Lipinski definition) is 5. The fourth-order valence-corrected chi connectivity index (χ4v) is 7.36. The molecule has 0 aromatic heterocycles. The number of likely N-dealkylation sites (N-methyl/N-ethyl adjacent to an activating group) is 1. The van der Waals surface area contributed by atoms with Gasteiger partial charge in [-0.25, -0.2) is 0 Å². The number of amides is 1. The number of halogens is 1. The summed E-state index contributed by atoms with van der Waals surface area (Å²) in [5.74, 6) is -6.55. The number of aliphatic hydroxyl groups excluding tert-OH is 2. The van der Waals surface area contributed by atoms with E-state index in [2.05, 4.69) is 4.90 Å². The predicted molar refractivity (Wildman–Crippen MR) is 134 cm³/mol. The largest absolute Gasteiger partial charge is 0.510 e. The number of aliphatic hydroxyl groups is 3. The van der Waals surface area contributed by atoms with Gasteiger partial charge in [-0.2, -0.15) is 0 Å². The van der Waals surface area contributed by atoms with E-state index in [-0.39, 0.29) is 29.7 Å². The number of ketones is 1. The molecule has 3 aliphatic carbocycles. The summed E-state index contributed by atoms with van der Waals surface area (Å²) < 4.78 is 11.1. The van der Waals surface area contributed by atoms with Crippen LogP contribution in [-0.4, -0.2) is 99.7 Å². The average molecular weight is 548 g/mol. The Hall–Kier alpha value is -2.67. The van der Waals surface area contributed by atoms with Gasteiger partial charge in [0.15, 0.2) is 5.60 Å². The van der Waals surface area contributed by atoms with Crippen LogP contribution in [0.15, 0.2) is 23.0 Å². The van der Waals surface area contributed by atoms with E-state index in [0.717, 1.165) is 13.1 Å². The van der Waals surface area contributed by atoms with Crippen LogP contribution in [-0.2, 0) is 32.0 Å². The molecule has 0 bridgehead atoms. The van der Waals surface area contributed by atoms with Gasteiger partial charge in [0.1, 0.15) is 22.8 Å². The highest BCUT2D eigenvalue weighted by Crippen LogP contribution is 2.67. The lowest BCUT2D eigenvalue weighted by molar-refractivity contribution is -0.127. The van der Waals surface area contributed by atoms with Gasteiger partial charge in [-0.15, -0.1) is 0 Å². The summed E-state index contributed by atoms with van der Waals surface area (Å²) in [5.41, 5.74) is 4.34. The zero-order valence-electron chi connectivity index (χ0n) is 21.0. The fraction of sp³-hybridized carbons (Fsp3) is 0.538. The lowest BCUT2D eigenvalue weighted by Crippen LogP contribution is -2.60. The molecule has 2 aliphatic heterocycles. The Kier molecular flexibility index (Phi) is 5.67. The number of aromatic hydroxyl groups is 1. The number of ether oxygens (including phenoxy) is 2. The van der Waals surface area contributed by atoms with Crippen LogP contribution < -0.4 is 5.73 Å². The number of phenols is 1.